The number of hydrogen-bond acceptors (Lipinski definition) is 5. The minimum Gasteiger partial charge on any atom is -0.463 e. The van der Waals surface area contributed by atoms with E-state index in [1.54, 1.807) is 0 Å². The van der Waals surface area contributed by atoms with E-state index in [9.17, 15) is 9.59 Å². The van der Waals surface area contributed by atoms with Crippen molar-refractivity contribution in [3.63, 3.8) is 0 Å². The maximum absolute atomic E-state index is 12.7. The van der Waals surface area contributed by atoms with Gasteiger partial charge in [0.15, 0.2) is 14.1 Å². The molecule has 0 bridgehead atoms. The van der Waals surface area contributed by atoms with Crippen molar-refractivity contribution in [2.75, 3.05) is 6.61 Å². The molecule has 0 N–H and O–H groups in total. The average Bonchev–Trinajstić information content (AvgIpc) is 2.49. The molecule has 27 heavy (non-hydrogen) atoms. The zero-order valence-electron chi connectivity index (χ0n) is 18.8. The predicted octanol–water partition coefficient (Wildman–Crippen LogP) is 4.88. The Bertz CT molecular complexity index is 516. The molecular formula is C21H40O5Si. The molecule has 1 aliphatic rings. The summed E-state index contributed by atoms with van der Waals surface area (Å²) in [5.74, 6) is -0.158. The van der Waals surface area contributed by atoms with Crippen LogP contribution < -0.4 is 0 Å². The Kier molecular flexibility index (Phi) is 8.27. The van der Waals surface area contributed by atoms with Gasteiger partial charge < -0.3 is 13.9 Å². The van der Waals surface area contributed by atoms with Gasteiger partial charge in [-0.25, -0.2) is 0 Å². The highest BCUT2D eigenvalue weighted by atomic mass is 28.4. The predicted molar refractivity (Wildman–Crippen MR) is 110 cm³/mol. The maximum Gasteiger partial charge on any atom is 0.311 e. The molecule has 1 aliphatic heterocycles. The second-order valence-electron chi connectivity index (χ2n) is 10.3. The van der Waals surface area contributed by atoms with E-state index in [-0.39, 0.29) is 35.6 Å². The number of ketones is 1. The van der Waals surface area contributed by atoms with Gasteiger partial charge in [0.2, 0.25) is 0 Å². The van der Waals surface area contributed by atoms with Crippen molar-refractivity contribution < 1.29 is 23.5 Å². The number of carbonyl (C=O) groups excluding carboxylic acids is 2. The van der Waals surface area contributed by atoms with Crippen LogP contribution in [-0.2, 0) is 23.5 Å². The van der Waals surface area contributed by atoms with Gasteiger partial charge >= 0.3 is 5.97 Å². The van der Waals surface area contributed by atoms with Crippen LogP contribution in [0.25, 0.3) is 0 Å². The van der Waals surface area contributed by atoms with Crippen LogP contribution in [0, 0.1) is 5.41 Å². The first kappa shape index (κ1) is 24.3. The fourth-order valence-electron chi connectivity index (χ4n) is 2.73. The van der Waals surface area contributed by atoms with Gasteiger partial charge in [0.1, 0.15) is 12.7 Å². The van der Waals surface area contributed by atoms with Crippen molar-refractivity contribution in [2.45, 2.75) is 111 Å². The Morgan fingerprint density at radius 2 is 1.74 bits per heavy atom. The largest absolute Gasteiger partial charge is 0.463 e. The van der Waals surface area contributed by atoms with Gasteiger partial charge in [-0.1, -0.05) is 27.7 Å². The Labute approximate surface area is 166 Å². The third kappa shape index (κ3) is 7.31. The van der Waals surface area contributed by atoms with E-state index in [4.69, 9.17) is 13.9 Å². The fourth-order valence-corrected chi connectivity index (χ4v) is 4.12. The second-order valence-corrected chi connectivity index (χ2v) is 15.0. The van der Waals surface area contributed by atoms with Gasteiger partial charge in [0.25, 0.3) is 0 Å². The lowest BCUT2D eigenvalue weighted by atomic mass is 9.97. The van der Waals surface area contributed by atoms with E-state index < -0.39 is 19.8 Å². The first-order valence-corrected chi connectivity index (χ1v) is 13.1. The average molecular weight is 401 g/mol. The van der Waals surface area contributed by atoms with E-state index in [0.717, 1.165) is 12.8 Å². The SMILES string of the molecule is CC[C@H]1O[C@@H](COC(=O)C(C)(C)C)CCC(O[Si](C)(C)C(C)(C)C)CC1=O. The molecule has 0 aliphatic carbocycles. The molecule has 0 amide bonds. The van der Waals surface area contributed by atoms with E-state index in [2.05, 4.69) is 33.9 Å². The fraction of sp³-hybridized carbons (Fsp3) is 0.905. The number of ether oxygens (including phenoxy) is 2. The summed E-state index contributed by atoms with van der Waals surface area (Å²) in [6.07, 6.45) is 1.68. The molecule has 5 nitrogen and oxygen atoms in total. The molecule has 6 heteroatoms. The van der Waals surface area contributed by atoms with Crippen LogP contribution in [-0.4, -0.2) is 45.0 Å². The minimum atomic E-state index is -1.95. The lowest BCUT2D eigenvalue weighted by Gasteiger charge is -2.40. The van der Waals surface area contributed by atoms with Crippen molar-refractivity contribution >= 4 is 20.1 Å². The molecule has 3 atom stereocenters. The zero-order valence-corrected chi connectivity index (χ0v) is 19.8. The van der Waals surface area contributed by atoms with Crippen molar-refractivity contribution in [3.8, 4) is 0 Å². The van der Waals surface area contributed by atoms with Gasteiger partial charge in [-0.2, -0.15) is 0 Å². The molecule has 1 rings (SSSR count). The highest BCUT2D eigenvalue weighted by Crippen LogP contribution is 2.38. The molecule has 1 saturated heterocycles. The Balaban J connectivity index is 2.83. The maximum atomic E-state index is 12.7. The van der Waals surface area contributed by atoms with Crippen LogP contribution in [0.5, 0.6) is 0 Å². The third-order valence-electron chi connectivity index (χ3n) is 5.61. The van der Waals surface area contributed by atoms with Crippen LogP contribution in [0.4, 0.5) is 0 Å². The molecule has 0 aromatic rings. The molecule has 1 fully saturated rings. The number of Topliss-reactive ketones (excluding diaryl/α,β-unsaturated/α-hetero) is 1. The summed E-state index contributed by atoms with van der Waals surface area (Å²) in [4.78, 5) is 24.8. The quantitative estimate of drug-likeness (QED) is 0.486. The number of carbonyl (C=O) groups is 2. The highest BCUT2D eigenvalue weighted by molar-refractivity contribution is 6.74. The first-order chi connectivity index (χ1) is 12.2. The molecular weight excluding hydrogens is 360 g/mol. The van der Waals surface area contributed by atoms with Gasteiger partial charge in [0, 0.05) is 6.42 Å². The van der Waals surface area contributed by atoms with E-state index in [1.807, 2.05) is 27.7 Å². The molecule has 0 spiro atoms. The molecule has 1 heterocycles. The normalized spacial score (nSPS) is 25.7. The summed E-state index contributed by atoms with van der Waals surface area (Å²) in [5.41, 5.74) is -0.546. The van der Waals surface area contributed by atoms with E-state index in [0.29, 0.717) is 12.8 Å². The number of rotatable bonds is 5. The summed E-state index contributed by atoms with van der Waals surface area (Å²) in [7, 11) is -1.95. The Morgan fingerprint density at radius 1 is 1.15 bits per heavy atom. The van der Waals surface area contributed by atoms with Gasteiger partial charge in [-0.3, -0.25) is 9.59 Å². The topological polar surface area (TPSA) is 61.8 Å². The van der Waals surface area contributed by atoms with Crippen LogP contribution in [0.15, 0.2) is 0 Å². The standard InChI is InChI=1S/C21H40O5Si/c1-10-18-17(22)13-15(26-27(8,9)21(5,6)7)11-12-16(25-18)14-24-19(23)20(2,3)4/h15-16,18H,10-14H2,1-9H3/t15?,16-,18-/m1/s1. The lowest BCUT2D eigenvalue weighted by Crippen LogP contribution is -2.46. The first-order valence-electron chi connectivity index (χ1n) is 10.2. The smallest absolute Gasteiger partial charge is 0.311 e. The van der Waals surface area contributed by atoms with Crippen LogP contribution in [0.3, 0.4) is 0 Å². The lowest BCUT2D eigenvalue weighted by molar-refractivity contribution is -0.162. The van der Waals surface area contributed by atoms with Crippen LogP contribution in [0.1, 0.15) is 74.1 Å². The third-order valence-corrected chi connectivity index (χ3v) is 10.1. The summed E-state index contributed by atoms with van der Waals surface area (Å²) < 4.78 is 18.0. The molecule has 0 radical (unpaired) electrons. The summed E-state index contributed by atoms with van der Waals surface area (Å²) in [6.45, 7) is 18.7. The summed E-state index contributed by atoms with van der Waals surface area (Å²) in [6, 6.07) is 0. The zero-order chi connectivity index (χ0) is 21.0. The summed E-state index contributed by atoms with van der Waals surface area (Å²) in [5, 5.41) is 0.0979. The number of hydrogen-bond donors (Lipinski definition) is 0. The van der Waals surface area contributed by atoms with Gasteiger partial charge in [0.05, 0.1) is 17.6 Å². The minimum absolute atomic E-state index is 0.0860. The molecule has 0 saturated carbocycles. The van der Waals surface area contributed by atoms with Crippen LogP contribution in [0.2, 0.25) is 18.1 Å². The Hall–Kier alpha value is -0.723. The van der Waals surface area contributed by atoms with Gasteiger partial charge in [-0.15, -0.1) is 0 Å². The van der Waals surface area contributed by atoms with Gasteiger partial charge in [-0.05, 0) is 58.2 Å². The monoisotopic (exact) mass is 400 g/mol. The van der Waals surface area contributed by atoms with Crippen molar-refractivity contribution in [2.24, 2.45) is 5.41 Å². The highest BCUT2D eigenvalue weighted by Gasteiger charge is 2.40. The Morgan fingerprint density at radius 3 is 2.22 bits per heavy atom. The van der Waals surface area contributed by atoms with E-state index >= 15 is 0 Å². The van der Waals surface area contributed by atoms with E-state index in [1.165, 1.54) is 0 Å². The summed E-state index contributed by atoms with van der Waals surface area (Å²) >= 11 is 0. The van der Waals surface area contributed by atoms with Crippen molar-refractivity contribution in [1.29, 1.82) is 0 Å². The molecule has 158 valence electrons. The molecule has 1 unspecified atom stereocenters. The van der Waals surface area contributed by atoms with Crippen molar-refractivity contribution in [3.05, 3.63) is 0 Å². The molecule has 0 aromatic heterocycles. The van der Waals surface area contributed by atoms with Crippen molar-refractivity contribution in [1.82, 2.24) is 0 Å². The second kappa shape index (κ2) is 9.18. The van der Waals surface area contributed by atoms with Crippen LogP contribution >= 0.6 is 0 Å². The number of esters is 1. The molecule has 0 aromatic carbocycles.